The van der Waals surface area contributed by atoms with Crippen LogP contribution in [0.1, 0.15) is 5.56 Å². The summed E-state index contributed by atoms with van der Waals surface area (Å²) in [5, 5.41) is 10.5. The van der Waals surface area contributed by atoms with Crippen LogP contribution >= 0.6 is 0 Å². The third kappa shape index (κ3) is 5.60. The molecule has 7 aromatic carbocycles. The summed E-state index contributed by atoms with van der Waals surface area (Å²) in [4.78, 5) is 5.77. The van der Waals surface area contributed by atoms with Crippen LogP contribution in [-0.2, 0) is 0 Å². The van der Waals surface area contributed by atoms with E-state index in [0.29, 0.717) is 27.9 Å². The molecule has 7 aromatic rings. The van der Waals surface area contributed by atoms with Crippen LogP contribution in [-0.4, -0.2) is 0 Å². The molecule has 0 fully saturated rings. The summed E-state index contributed by atoms with van der Waals surface area (Å²) in [6.45, 7) is 8.17. The van der Waals surface area contributed by atoms with Crippen molar-refractivity contribution in [2.45, 2.75) is 0 Å². The van der Waals surface area contributed by atoms with E-state index in [0.717, 1.165) is 33.6 Å². The maximum atomic E-state index is 16.4. The highest BCUT2D eigenvalue weighted by Gasteiger charge is 2.31. The molecular formula is C44H28FN3. The monoisotopic (exact) mass is 617 g/mol. The Morgan fingerprint density at radius 3 is 1.21 bits per heavy atom. The van der Waals surface area contributed by atoms with Crippen molar-refractivity contribution in [1.29, 1.82) is 5.26 Å². The van der Waals surface area contributed by atoms with E-state index >= 15 is 4.39 Å². The summed E-state index contributed by atoms with van der Waals surface area (Å²) in [7, 11) is 0. The molecule has 0 saturated carbocycles. The largest absolute Gasteiger partial charge is 0.310 e. The molecule has 0 atom stereocenters. The molecule has 0 spiro atoms. The number of nitrogens with zero attached hydrogens (tertiary/aromatic N) is 3. The van der Waals surface area contributed by atoms with Gasteiger partial charge in [0.2, 0.25) is 5.69 Å². The fourth-order valence-electron chi connectivity index (χ4n) is 6.17. The molecule has 4 heteroatoms. The smallest absolute Gasteiger partial charge is 0.233 e. The molecule has 0 aliphatic heterocycles. The second-order valence-electron chi connectivity index (χ2n) is 11.3. The van der Waals surface area contributed by atoms with Crippen LogP contribution in [0.15, 0.2) is 170 Å². The van der Waals surface area contributed by atoms with E-state index in [1.54, 1.807) is 0 Å². The summed E-state index contributed by atoms with van der Waals surface area (Å²) in [6, 6.07) is 57.6. The summed E-state index contributed by atoms with van der Waals surface area (Å²) in [5.41, 5.74) is 8.21. The summed E-state index contributed by atoms with van der Waals surface area (Å²) < 4.78 is 16.4. The lowest BCUT2D eigenvalue weighted by Crippen LogP contribution is -2.14. The molecule has 0 aliphatic carbocycles. The minimum atomic E-state index is -0.826. The second-order valence-corrected chi connectivity index (χ2v) is 11.3. The lowest BCUT2D eigenvalue weighted by atomic mass is 9.88. The van der Waals surface area contributed by atoms with E-state index < -0.39 is 5.82 Å². The molecule has 0 aliphatic rings. The second kappa shape index (κ2) is 13.3. The Balaban J connectivity index is 1.57. The highest BCUT2D eigenvalue weighted by Crippen LogP contribution is 2.53. The quantitative estimate of drug-likeness (QED) is 0.167. The van der Waals surface area contributed by atoms with Crippen LogP contribution in [0.3, 0.4) is 0 Å². The Kier molecular flexibility index (Phi) is 8.30. The third-order valence-corrected chi connectivity index (χ3v) is 8.43. The number of benzene rings is 7. The Labute approximate surface area is 279 Å². The number of halogens is 1. The van der Waals surface area contributed by atoms with Gasteiger partial charge >= 0.3 is 0 Å². The molecule has 0 aromatic heterocycles. The predicted molar refractivity (Wildman–Crippen MR) is 194 cm³/mol. The van der Waals surface area contributed by atoms with Gasteiger partial charge in [0.05, 0.1) is 17.8 Å². The predicted octanol–water partition coefficient (Wildman–Crippen LogP) is 12.4. The zero-order valence-corrected chi connectivity index (χ0v) is 25.9. The molecule has 0 bridgehead atoms. The van der Waals surface area contributed by atoms with Crippen LogP contribution < -0.4 is 4.90 Å². The van der Waals surface area contributed by atoms with E-state index in [2.05, 4.69) is 59.4 Å². The van der Waals surface area contributed by atoms with Gasteiger partial charge in [0.15, 0.2) is 0 Å². The highest BCUT2D eigenvalue weighted by molar-refractivity contribution is 6.05. The fourth-order valence-corrected chi connectivity index (χ4v) is 6.17. The number of nitriles is 1. The van der Waals surface area contributed by atoms with Gasteiger partial charge in [-0.1, -0.05) is 146 Å². The first-order valence-corrected chi connectivity index (χ1v) is 15.6. The zero-order valence-electron chi connectivity index (χ0n) is 25.9. The van der Waals surface area contributed by atoms with Crippen LogP contribution in [0.2, 0.25) is 0 Å². The summed E-state index contributed by atoms with van der Waals surface area (Å²) in [5.74, 6) is -0.826. The van der Waals surface area contributed by atoms with Crippen molar-refractivity contribution in [3.8, 4) is 50.6 Å². The van der Waals surface area contributed by atoms with Crippen molar-refractivity contribution in [2.75, 3.05) is 4.90 Å². The normalized spacial score (nSPS) is 10.6. The van der Waals surface area contributed by atoms with E-state index in [1.165, 1.54) is 0 Å². The van der Waals surface area contributed by atoms with Gasteiger partial charge in [0, 0.05) is 22.5 Å². The van der Waals surface area contributed by atoms with Gasteiger partial charge in [-0.2, -0.15) is 5.26 Å². The van der Waals surface area contributed by atoms with E-state index in [4.69, 9.17) is 6.57 Å². The van der Waals surface area contributed by atoms with E-state index in [-0.39, 0.29) is 11.3 Å². The molecule has 0 saturated heterocycles. The average molecular weight is 618 g/mol. The van der Waals surface area contributed by atoms with Gasteiger partial charge in [0.1, 0.15) is 11.9 Å². The molecule has 0 radical (unpaired) electrons. The maximum absolute atomic E-state index is 16.4. The van der Waals surface area contributed by atoms with Crippen molar-refractivity contribution >= 4 is 22.7 Å². The molecule has 0 amide bonds. The SMILES string of the molecule is [C-]#[N+]c1c(F)c(C#N)c(-c2ccccc2)c(N(c2ccc(-c3ccccc3)cc2)c2ccc(-c3ccccc3)cc2)c1-c1ccccc1. The van der Waals surface area contributed by atoms with Crippen LogP contribution in [0, 0.1) is 23.7 Å². The van der Waals surface area contributed by atoms with Gasteiger partial charge in [0.25, 0.3) is 0 Å². The van der Waals surface area contributed by atoms with Gasteiger partial charge in [-0.3, -0.25) is 0 Å². The van der Waals surface area contributed by atoms with Gasteiger partial charge in [-0.05, 0) is 57.6 Å². The first kappa shape index (κ1) is 29.9. The molecular weight excluding hydrogens is 590 g/mol. The zero-order chi connectivity index (χ0) is 32.9. The number of rotatable bonds is 7. The van der Waals surface area contributed by atoms with Crippen molar-refractivity contribution in [3.63, 3.8) is 0 Å². The number of anilines is 3. The Bertz CT molecular complexity index is 2110. The van der Waals surface area contributed by atoms with Crippen molar-refractivity contribution < 1.29 is 4.39 Å². The topological polar surface area (TPSA) is 31.4 Å². The number of hydrogen-bond donors (Lipinski definition) is 0. The van der Waals surface area contributed by atoms with Gasteiger partial charge in [-0.25, -0.2) is 9.24 Å². The van der Waals surface area contributed by atoms with Crippen molar-refractivity contribution in [3.05, 3.63) is 193 Å². The van der Waals surface area contributed by atoms with Gasteiger partial charge < -0.3 is 4.90 Å². The van der Waals surface area contributed by atoms with E-state index in [9.17, 15) is 5.26 Å². The van der Waals surface area contributed by atoms with E-state index in [1.807, 2.05) is 126 Å². The summed E-state index contributed by atoms with van der Waals surface area (Å²) >= 11 is 0. The Hall–Kier alpha value is -6.75. The Morgan fingerprint density at radius 1 is 0.479 bits per heavy atom. The maximum Gasteiger partial charge on any atom is 0.233 e. The van der Waals surface area contributed by atoms with Crippen LogP contribution in [0.25, 0.3) is 49.4 Å². The highest BCUT2D eigenvalue weighted by atomic mass is 19.1. The lowest BCUT2D eigenvalue weighted by Gasteiger charge is -2.32. The summed E-state index contributed by atoms with van der Waals surface area (Å²) in [6.07, 6.45) is 0. The van der Waals surface area contributed by atoms with Crippen molar-refractivity contribution in [1.82, 2.24) is 0 Å². The average Bonchev–Trinajstić information content (AvgIpc) is 3.17. The molecule has 48 heavy (non-hydrogen) atoms. The molecule has 226 valence electrons. The minimum absolute atomic E-state index is 0.173. The molecule has 0 N–H and O–H groups in total. The van der Waals surface area contributed by atoms with Crippen LogP contribution in [0.4, 0.5) is 27.1 Å². The van der Waals surface area contributed by atoms with Crippen LogP contribution in [0.5, 0.6) is 0 Å². The molecule has 0 unspecified atom stereocenters. The number of hydrogen-bond acceptors (Lipinski definition) is 2. The Morgan fingerprint density at radius 2 is 0.833 bits per heavy atom. The van der Waals surface area contributed by atoms with Crippen molar-refractivity contribution in [2.24, 2.45) is 0 Å². The molecule has 7 rings (SSSR count). The third-order valence-electron chi connectivity index (χ3n) is 8.43. The fraction of sp³-hybridized carbons (Fsp3) is 0. The molecule has 3 nitrogen and oxygen atoms in total. The lowest BCUT2D eigenvalue weighted by molar-refractivity contribution is 0.631. The molecule has 0 heterocycles. The van der Waals surface area contributed by atoms with Gasteiger partial charge in [-0.15, -0.1) is 0 Å². The first-order chi connectivity index (χ1) is 23.7. The standard InChI is InChI=1S/C44H28FN3/c1-47-43-41(36-20-12-5-13-21-36)44(40(39(30-46)42(43)45)35-18-10-4-11-19-35)48(37-26-22-33(23-27-37)31-14-6-2-7-15-31)38-28-24-34(25-29-38)32-16-8-3-9-17-32/h2-29H. The first-order valence-electron chi connectivity index (χ1n) is 15.6. The minimum Gasteiger partial charge on any atom is -0.310 e.